The highest BCUT2D eigenvalue weighted by molar-refractivity contribution is 6.02. The highest BCUT2D eigenvalue weighted by Gasteiger charge is 2.15. The van der Waals surface area contributed by atoms with E-state index in [0.717, 1.165) is 11.4 Å². The molecule has 0 aliphatic heterocycles. The van der Waals surface area contributed by atoms with Gasteiger partial charge < -0.3 is 16.0 Å². The van der Waals surface area contributed by atoms with Crippen molar-refractivity contribution in [1.29, 1.82) is 0 Å². The van der Waals surface area contributed by atoms with Crippen LogP contribution in [0.2, 0.25) is 0 Å². The number of anilines is 2. The van der Waals surface area contributed by atoms with Gasteiger partial charge in [0.25, 0.3) is 11.7 Å². The van der Waals surface area contributed by atoms with E-state index in [0.29, 0.717) is 17.2 Å². The summed E-state index contributed by atoms with van der Waals surface area (Å²) >= 11 is 0. The van der Waals surface area contributed by atoms with E-state index in [-0.39, 0.29) is 17.9 Å². The standard InChI is InChI=1S/C18H21N7O2/c1-10(2)19-18(27)22-14-7-5-13(6-8-14)21-16(26)15-23-17-20-11(3)9-12(4)25(17)24-15/h5-10H,1-4H3,(H,21,26)(H2,19,22,27). The molecule has 0 atom stereocenters. The van der Waals surface area contributed by atoms with Crippen molar-refractivity contribution < 1.29 is 9.59 Å². The Hall–Kier alpha value is -3.49. The maximum atomic E-state index is 12.4. The molecule has 9 nitrogen and oxygen atoms in total. The molecule has 2 aromatic heterocycles. The van der Waals surface area contributed by atoms with Gasteiger partial charge in [0, 0.05) is 28.8 Å². The average Bonchev–Trinajstić information content (AvgIpc) is 3.00. The van der Waals surface area contributed by atoms with Crippen LogP contribution in [0.1, 0.15) is 35.9 Å². The quantitative estimate of drug-likeness (QED) is 0.656. The summed E-state index contributed by atoms with van der Waals surface area (Å²) in [7, 11) is 0. The van der Waals surface area contributed by atoms with Crippen LogP contribution in [-0.4, -0.2) is 37.6 Å². The third-order valence-electron chi connectivity index (χ3n) is 3.64. The number of hydrogen-bond acceptors (Lipinski definition) is 5. The predicted octanol–water partition coefficient (Wildman–Crippen LogP) is 2.52. The Labute approximate surface area is 156 Å². The fourth-order valence-electron chi connectivity index (χ4n) is 2.52. The molecule has 0 bridgehead atoms. The first-order chi connectivity index (χ1) is 12.8. The number of aryl methyl sites for hydroxylation is 2. The maximum absolute atomic E-state index is 12.4. The molecule has 0 saturated heterocycles. The first kappa shape index (κ1) is 18.3. The van der Waals surface area contributed by atoms with Crippen molar-refractivity contribution in [2.75, 3.05) is 10.6 Å². The van der Waals surface area contributed by atoms with Crippen molar-refractivity contribution in [2.45, 2.75) is 33.7 Å². The first-order valence-electron chi connectivity index (χ1n) is 8.52. The molecule has 140 valence electrons. The molecule has 3 N–H and O–H groups in total. The van der Waals surface area contributed by atoms with Gasteiger partial charge in [-0.2, -0.15) is 4.98 Å². The topological polar surface area (TPSA) is 113 Å². The molecule has 2 heterocycles. The number of fused-ring (bicyclic) bond motifs is 1. The Morgan fingerprint density at radius 1 is 1.00 bits per heavy atom. The smallest absolute Gasteiger partial charge is 0.319 e. The molecule has 0 radical (unpaired) electrons. The molecule has 0 unspecified atom stereocenters. The van der Waals surface area contributed by atoms with Gasteiger partial charge in [-0.25, -0.2) is 14.3 Å². The van der Waals surface area contributed by atoms with Crippen LogP contribution < -0.4 is 16.0 Å². The van der Waals surface area contributed by atoms with Gasteiger partial charge in [-0.3, -0.25) is 4.79 Å². The molecule has 3 rings (SSSR count). The number of benzene rings is 1. The van der Waals surface area contributed by atoms with Crippen molar-refractivity contribution >= 4 is 29.1 Å². The largest absolute Gasteiger partial charge is 0.336 e. The molecule has 0 fully saturated rings. The molecule has 3 amide bonds. The third-order valence-corrected chi connectivity index (χ3v) is 3.64. The van der Waals surface area contributed by atoms with Crippen LogP contribution in [-0.2, 0) is 0 Å². The molecule has 0 spiro atoms. The molecule has 1 aromatic carbocycles. The van der Waals surface area contributed by atoms with Crippen molar-refractivity contribution in [3.8, 4) is 0 Å². The van der Waals surface area contributed by atoms with Crippen LogP contribution in [0.25, 0.3) is 5.78 Å². The van der Waals surface area contributed by atoms with Crippen LogP contribution >= 0.6 is 0 Å². The molecule has 3 aromatic rings. The summed E-state index contributed by atoms with van der Waals surface area (Å²) in [6.45, 7) is 7.49. The van der Waals surface area contributed by atoms with Crippen LogP contribution in [0, 0.1) is 13.8 Å². The van der Waals surface area contributed by atoms with Gasteiger partial charge in [-0.15, -0.1) is 5.10 Å². The van der Waals surface area contributed by atoms with Gasteiger partial charge in [0.15, 0.2) is 0 Å². The van der Waals surface area contributed by atoms with Gasteiger partial charge in [0.1, 0.15) is 0 Å². The zero-order chi connectivity index (χ0) is 19.6. The number of carbonyl (C=O) groups excluding carboxylic acids is 2. The molecule has 0 saturated carbocycles. The van der Waals surface area contributed by atoms with Gasteiger partial charge in [-0.1, -0.05) is 0 Å². The second-order valence-electron chi connectivity index (χ2n) is 6.47. The van der Waals surface area contributed by atoms with Gasteiger partial charge in [0.2, 0.25) is 5.82 Å². The van der Waals surface area contributed by atoms with E-state index in [1.54, 1.807) is 24.3 Å². The summed E-state index contributed by atoms with van der Waals surface area (Å²) in [5, 5.41) is 12.4. The highest BCUT2D eigenvalue weighted by Crippen LogP contribution is 2.14. The molecular weight excluding hydrogens is 346 g/mol. The van der Waals surface area contributed by atoms with Gasteiger partial charge in [-0.05, 0) is 58.0 Å². The zero-order valence-corrected chi connectivity index (χ0v) is 15.6. The van der Waals surface area contributed by atoms with Crippen LogP contribution in [0.4, 0.5) is 16.2 Å². The average molecular weight is 367 g/mol. The zero-order valence-electron chi connectivity index (χ0n) is 15.6. The lowest BCUT2D eigenvalue weighted by Gasteiger charge is -2.10. The number of nitrogens with one attached hydrogen (secondary N) is 3. The number of hydrogen-bond donors (Lipinski definition) is 3. The summed E-state index contributed by atoms with van der Waals surface area (Å²) in [4.78, 5) is 32.5. The van der Waals surface area contributed by atoms with E-state index in [9.17, 15) is 9.59 Å². The molecule has 9 heteroatoms. The van der Waals surface area contributed by atoms with E-state index in [1.165, 1.54) is 4.52 Å². The fourth-order valence-corrected chi connectivity index (χ4v) is 2.52. The van der Waals surface area contributed by atoms with Crippen LogP contribution in [0.15, 0.2) is 30.3 Å². The van der Waals surface area contributed by atoms with E-state index >= 15 is 0 Å². The lowest BCUT2D eigenvalue weighted by atomic mass is 10.2. The second-order valence-corrected chi connectivity index (χ2v) is 6.47. The maximum Gasteiger partial charge on any atom is 0.319 e. The molecule has 27 heavy (non-hydrogen) atoms. The number of urea groups is 1. The molecule has 0 aliphatic carbocycles. The van der Waals surface area contributed by atoms with Crippen LogP contribution in [0.3, 0.4) is 0 Å². The van der Waals surface area contributed by atoms with E-state index in [1.807, 2.05) is 33.8 Å². The Bertz CT molecular complexity index is 993. The van der Waals surface area contributed by atoms with Gasteiger partial charge in [0.05, 0.1) is 0 Å². The SMILES string of the molecule is Cc1cc(C)n2nc(C(=O)Nc3ccc(NC(=O)NC(C)C)cc3)nc2n1. The normalized spacial score (nSPS) is 10.9. The monoisotopic (exact) mass is 367 g/mol. The van der Waals surface area contributed by atoms with Crippen molar-refractivity contribution in [3.63, 3.8) is 0 Å². The van der Waals surface area contributed by atoms with E-state index in [4.69, 9.17) is 0 Å². The summed E-state index contributed by atoms with van der Waals surface area (Å²) in [6.07, 6.45) is 0. The van der Waals surface area contributed by atoms with Crippen molar-refractivity contribution in [3.05, 3.63) is 47.5 Å². The minimum atomic E-state index is -0.434. The molecule has 0 aliphatic rings. The Kier molecular flexibility index (Phi) is 5.02. The van der Waals surface area contributed by atoms with E-state index in [2.05, 4.69) is 31.0 Å². The second kappa shape index (κ2) is 7.40. The summed E-state index contributed by atoms with van der Waals surface area (Å²) in [5.74, 6) is -0.0149. The minimum absolute atomic E-state index is 0.0368. The summed E-state index contributed by atoms with van der Waals surface area (Å²) in [6, 6.07) is 8.39. The van der Waals surface area contributed by atoms with Crippen molar-refractivity contribution in [2.24, 2.45) is 0 Å². The van der Waals surface area contributed by atoms with Gasteiger partial charge >= 0.3 is 6.03 Å². The highest BCUT2D eigenvalue weighted by atomic mass is 16.2. The Morgan fingerprint density at radius 3 is 2.26 bits per heavy atom. The van der Waals surface area contributed by atoms with E-state index < -0.39 is 5.91 Å². The number of rotatable bonds is 4. The van der Waals surface area contributed by atoms with Crippen molar-refractivity contribution in [1.82, 2.24) is 24.9 Å². The minimum Gasteiger partial charge on any atom is -0.336 e. The third kappa shape index (κ3) is 4.38. The predicted molar refractivity (Wildman–Crippen MR) is 102 cm³/mol. The van der Waals surface area contributed by atoms with Crippen LogP contribution in [0.5, 0.6) is 0 Å². The Balaban J connectivity index is 1.69. The Morgan fingerprint density at radius 2 is 1.63 bits per heavy atom. The molecular formula is C18H21N7O2. The lowest BCUT2D eigenvalue weighted by Crippen LogP contribution is -2.34. The lowest BCUT2D eigenvalue weighted by molar-refractivity contribution is 0.101. The summed E-state index contributed by atoms with van der Waals surface area (Å²) in [5.41, 5.74) is 2.84. The summed E-state index contributed by atoms with van der Waals surface area (Å²) < 4.78 is 1.53. The first-order valence-corrected chi connectivity index (χ1v) is 8.52. The number of aromatic nitrogens is 4. The number of amides is 3. The number of nitrogens with zero attached hydrogens (tertiary/aromatic N) is 4. The fraction of sp³-hybridized carbons (Fsp3) is 0.278. The number of carbonyl (C=O) groups is 2.